The van der Waals surface area contributed by atoms with Gasteiger partial charge in [0, 0.05) is 0 Å². The number of aliphatic hydroxyl groups excluding tert-OH is 1. The zero-order valence-electron chi connectivity index (χ0n) is 17.3. The molecule has 2 atom stereocenters. The van der Waals surface area contributed by atoms with Gasteiger partial charge >= 0.3 is 0 Å². The first-order valence-corrected chi connectivity index (χ1v) is 12.6. The summed E-state index contributed by atoms with van der Waals surface area (Å²) in [5.41, 5.74) is 0. The molecule has 0 spiro atoms. The molecule has 158 valence electrons. The standard InChI is InChI=1S/C21H44O4S/c1-3-5-7-8-9-10-11-12-13-14-15-16-17-20(22)19-21(18-6-4-2)26(23,24)25/h20-22H,3-19H2,1-2H3,(H,23,24,25). The van der Waals surface area contributed by atoms with Crippen LogP contribution in [-0.4, -0.2) is 29.4 Å². The zero-order valence-corrected chi connectivity index (χ0v) is 18.1. The second-order valence-corrected chi connectivity index (χ2v) is 9.54. The van der Waals surface area contributed by atoms with Crippen molar-refractivity contribution in [2.45, 2.75) is 134 Å². The van der Waals surface area contributed by atoms with E-state index in [-0.39, 0.29) is 6.42 Å². The highest BCUT2D eigenvalue weighted by Crippen LogP contribution is 2.19. The molecule has 0 fully saturated rings. The molecule has 0 bridgehead atoms. The molecule has 5 heteroatoms. The maximum Gasteiger partial charge on any atom is 0.267 e. The van der Waals surface area contributed by atoms with Gasteiger partial charge in [0.2, 0.25) is 0 Å². The first-order chi connectivity index (χ1) is 12.4. The van der Waals surface area contributed by atoms with E-state index in [0.29, 0.717) is 12.8 Å². The van der Waals surface area contributed by atoms with Crippen molar-refractivity contribution in [1.29, 1.82) is 0 Å². The molecule has 0 aromatic heterocycles. The molecule has 0 aliphatic heterocycles. The summed E-state index contributed by atoms with van der Waals surface area (Å²) in [6.07, 6.45) is 17.6. The summed E-state index contributed by atoms with van der Waals surface area (Å²) in [5, 5.41) is 9.26. The van der Waals surface area contributed by atoms with Crippen molar-refractivity contribution in [2.75, 3.05) is 0 Å². The average molecular weight is 393 g/mol. The molecule has 0 aromatic carbocycles. The van der Waals surface area contributed by atoms with Crippen LogP contribution in [0.4, 0.5) is 0 Å². The molecule has 0 rings (SSSR count). The lowest BCUT2D eigenvalue weighted by atomic mass is 10.0. The van der Waals surface area contributed by atoms with Crippen molar-refractivity contribution in [3.63, 3.8) is 0 Å². The van der Waals surface area contributed by atoms with Gasteiger partial charge in [-0.05, 0) is 19.3 Å². The Morgan fingerprint density at radius 3 is 1.50 bits per heavy atom. The Kier molecular flexibility index (Phi) is 16.9. The molecule has 2 N–H and O–H groups in total. The van der Waals surface area contributed by atoms with Crippen LogP contribution in [0.3, 0.4) is 0 Å². The number of rotatable bonds is 19. The first-order valence-electron chi connectivity index (χ1n) is 11.1. The van der Waals surface area contributed by atoms with E-state index >= 15 is 0 Å². The van der Waals surface area contributed by atoms with E-state index in [4.69, 9.17) is 0 Å². The third-order valence-corrected chi connectivity index (χ3v) is 6.50. The van der Waals surface area contributed by atoms with Gasteiger partial charge in [-0.25, -0.2) is 0 Å². The van der Waals surface area contributed by atoms with Crippen LogP contribution < -0.4 is 0 Å². The van der Waals surface area contributed by atoms with Gasteiger partial charge in [-0.15, -0.1) is 0 Å². The fourth-order valence-corrected chi connectivity index (χ4v) is 4.39. The molecule has 0 aromatic rings. The molecular weight excluding hydrogens is 348 g/mol. The summed E-state index contributed by atoms with van der Waals surface area (Å²) in [6, 6.07) is 0. The Balaban J connectivity index is 3.59. The summed E-state index contributed by atoms with van der Waals surface area (Å²) >= 11 is 0. The van der Waals surface area contributed by atoms with Crippen LogP contribution in [0.15, 0.2) is 0 Å². The van der Waals surface area contributed by atoms with Crippen LogP contribution >= 0.6 is 0 Å². The van der Waals surface area contributed by atoms with Gasteiger partial charge in [-0.2, -0.15) is 8.42 Å². The van der Waals surface area contributed by atoms with Crippen molar-refractivity contribution < 1.29 is 18.1 Å². The monoisotopic (exact) mass is 392 g/mol. The summed E-state index contributed by atoms with van der Waals surface area (Å²) in [6.45, 7) is 4.24. The predicted octanol–water partition coefficient (Wildman–Crippen LogP) is 6.28. The molecule has 2 unspecified atom stereocenters. The molecule has 0 saturated carbocycles. The fourth-order valence-electron chi connectivity index (χ4n) is 3.46. The maximum atomic E-state index is 11.4. The van der Waals surface area contributed by atoms with Gasteiger partial charge < -0.3 is 5.11 Å². The molecule has 0 aliphatic carbocycles. The second-order valence-electron chi connectivity index (χ2n) is 7.85. The number of hydrogen-bond acceptors (Lipinski definition) is 3. The molecule has 0 heterocycles. The lowest BCUT2D eigenvalue weighted by Gasteiger charge is -2.17. The Bertz CT molecular complexity index is 395. The number of unbranched alkanes of at least 4 members (excludes halogenated alkanes) is 12. The Labute approximate surface area is 162 Å². The van der Waals surface area contributed by atoms with E-state index in [0.717, 1.165) is 25.7 Å². The zero-order chi connectivity index (χ0) is 19.7. The third kappa shape index (κ3) is 16.1. The van der Waals surface area contributed by atoms with Crippen LogP contribution in [0.2, 0.25) is 0 Å². The molecular formula is C21H44O4S. The largest absolute Gasteiger partial charge is 0.393 e. The van der Waals surface area contributed by atoms with E-state index in [2.05, 4.69) is 6.92 Å². The van der Waals surface area contributed by atoms with Crippen molar-refractivity contribution in [3.8, 4) is 0 Å². The van der Waals surface area contributed by atoms with E-state index in [1.54, 1.807) is 0 Å². The van der Waals surface area contributed by atoms with Crippen LogP contribution in [0.25, 0.3) is 0 Å². The van der Waals surface area contributed by atoms with Gasteiger partial charge in [-0.3, -0.25) is 4.55 Å². The fraction of sp³-hybridized carbons (Fsp3) is 1.00. The molecule has 0 radical (unpaired) electrons. The average Bonchev–Trinajstić information content (AvgIpc) is 2.58. The molecule has 26 heavy (non-hydrogen) atoms. The third-order valence-electron chi connectivity index (χ3n) is 5.23. The predicted molar refractivity (Wildman–Crippen MR) is 111 cm³/mol. The van der Waals surface area contributed by atoms with Gasteiger partial charge in [0.25, 0.3) is 10.1 Å². The van der Waals surface area contributed by atoms with Crippen LogP contribution in [0.5, 0.6) is 0 Å². The van der Waals surface area contributed by atoms with Gasteiger partial charge in [0.15, 0.2) is 0 Å². The topological polar surface area (TPSA) is 74.6 Å². The van der Waals surface area contributed by atoms with Crippen molar-refractivity contribution in [3.05, 3.63) is 0 Å². The van der Waals surface area contributed by atoms with Crippen LogP contribution in [0, 0.1) is 0 Å². The lowest BCUT2D eigenvalue weighted by Crippen LogP contribution is -2.26. The minimum Gasteiger partial charge on any atom is -0.393 e. The van der Waals surface area contributed by atoms with Crippen LogP contribution in [0.1, 0.15) is 123 Å². The molecule has 4 nitrogen and oxygen atoms in total. The summed E-state index contributed by atoms with van der Waals surface area (Å²) in [5.74, 6) is 0. The van der Waals surface area contributed by atoms with Crippen molar-refractivity contribution in [2.24, 2.45) is 0 Å². The minimum absolute atomic E-state index is 0.164. The van der Waals surface area contributed by atoms with E-state index in [9.17, 15) is 18.1 Å². The van der Waals surface area contributed by atoms with Gasteiger partial charge in [0.05, 0.1) is 11.4 Å². The SMILES string of the molecule is CCCCCCCCCCCCCCC(O)CC(CCCC)S(=O)(=O)O. The smallest absolute Gasteiger partial charge is 0.267 e. The van der Waals surface area contributed by atoms with E-state index in [1.807, 2.05) is 6.92 Å². The molecule has 0 aliphatic rings. The normalized spacial score (nSPS) is 14.5. The van der Waals surface area contributed by atoms with Crippen molar-refractivity contribution in [1.82, 2.24) is 0 Å². The summed E-state index contributed by atoms with van der Waals surface area (Å²) < 4.78 is 32.1. The molecule has 0 saturated heterocycles. The number of hydrogen-bond donors (Lipinski definition) is 2. The molecule has 0 amide bonds. The Hall–Kier alpha value is -0.130. The number of aliphatic hydroxyl groups is 1. The van der Waals surface area contributed by atoms with E-state index in [1.165, 1.54) is 64.2 Å². The highest BCUT2D eigenvalue weighted by atomic mass is 32.2. The maximum absolute atomic E-state index is 11.4. The van der Waals surface area contributed by atoms with Crippen molar-refractivity contribution >= 4 is 10.1 Å². The summed E-state index contributed by atoms with van der Waals surface area (Å²) in [7, 11) is -4.05. The van der Waals surface area contributed by atoms with Gasteiger partial charge in [0.1, 0.15) is 0 Å². The Morgan fingerprint density at radius 1 is 0.654 bits per heavy atom. The van der Waals surface area contributed by atoms with E-state index < -0.39 is 21.5 Å². The lowest BCUT2D eigenvalue weighted by molar-refractivity contribution is 0.147. The highest BCUT2D eigenvalue weighted by Gasteiger charge is 2.25. The first kappa shape index (κ1) is 25.9. The minimum atomic E-state index is -4.05. The second kappa shape index (κ2) is 17.0. The quantitative estimate of drug-likeness (QED) is 0.200. The summed E-state index contributed by atoms with van der Waals surface area (Å²) in [4.78, 5) is 0. The van der Waals surface area contributed by atoms with Crippen LogP contribution in [-0.2, 0) is 10.1 Å². The highest BCUT2D eigenvalue weighted by molar-refractivity contribution is 7.86. The Morgan fingerprint density at radius 2 is 1.08 bits per heavy atom. The van der Waals surface area contributed by atoms with Gasteiger partial charge in [-0.1, -0.05) is 104 Å².